The van der Waals surface area contributed by atoms with Crippen LogP contribution in [0.3, 0.4) is 0 Å². The molecule has 3 N–H and O–H groups in total. The molecule has 0 aliphatic carbocycles. The zero-order chi connectivity index (χ0) is 77.4. The highest BCUT2D eigenvalue weighted by Gasteiger charge is 2.30. The molecule has 0 saturated carbocycles. The zero-order valence-corrected chi connectivity index (χ0v) is 67.1. The Balaban J connectivity index is 5.55. The minimum absolute atomic E-state index is 0.00517. The second-order valence-electron chi connectivity index (χ2n) is 25.5. The number of phosphoric ester groups is 2. The van der Waals surface area contributed by atoms with Gasteiger partial charge in [-0.2, -0.15) is 0 Å². The standard InChI is InChI=1S/C87H138O17P2/c1-5-9-13-17-21-25-29-33-37-40-44-47-51-55-59-63-67-71-84(89)97-77-82(103-86(91)73-69-65-61-57-53-49-43-36-32-28-24-20-16-12-8-4)79-101-105(93,94)99-75-81(88)76-100-106(95,96)102-80-83(104-87(92)74-70-66-62-58-54-50-46-42-39-35-31-27-23-19-15-11-7-3)78-98-85(90)72-68-64-60-56-52-48-45-41-38-34-30-26-22-18-14-10-6-2/h9-11,13-15,21-23,25-27,33-39,43-48,50,55-56,58-60,62,81-83,88H,5-8,12,16-20,24,28-32,40-42,49,51-54,57,61,63-80H2,1-4H3,(H,93,94)(H,95,96)/b13-9-,14-10-,15-11-,25-21-,26-22-,27-23-,37-33-,38-34-,39-35-,43-36-,47-44-,48-45-,50-46-,59-55-,60-56-,62-58-. The summed E-state index contributed by atoms with van der Waals surface area (Å²) >= 11 is 0. The molecule has 0 aromatic carbocycles. The average molecular weight is 1520 g/mol. The summed E-state index contributed by atoms with van der Waals surface area (Å²) < 4.78 is 68.4. The van der Waals surface area contributed by atoms with Crippen LogP contribution in [0.2, 0.25) is 0 Å². The topological polar surface area (TPSA) is 237 Å². The minimum atomic E-state index is -5.02. The molecule has 0 aliphatic heterocycles. The first-order valence-electron chi connectivity index (χ1n) is 39.7. The molecular weight excluding hydrogens is 1380 g/mol. The highest BCUT2D eigenvalue weighted by Crippen LogP contribution is 2.45. The van der Waals surface area contributed by atoms with Crippen LogP contribution in [0.4, 0.5) is 0 Å². The van der Waals surface area contributed by atoms with E-state index in [1.165, 1.54) is 38.5 Å². The van der Waals surface area contributed by atoms with Gasteiger partial charge in [0.2, 0.25) is 0 Å². The predicted molar refractivity (Wildman–Crippen MR) is 436 cm³/mol. The van der Waals surface area contributed by atoms with Gasteiger partial charge in [-0.1, -0.05) is 273 Å². The molecule has 0 aliphatic rings. The van der Waals surface area contributed by atoms with Gasteiger partial charge in [0.1, 0.15) is 19.3 Å². The Morgan fingerprint density at radius 3 is 0.802 bits per heavy atom. The molecule has 106 heavy (non-hydrogen) atoms. The third kappa shape index (κ3) is 76.1. The molecule has 5 unspecified atom stereocenters. The lowest BCUT2D eigenvalue weighted by atomic mass is 10.1. The molecule has 0 saturated heterocycles. The number of phosphoric acid groups is 2. The number of carbonyl (C=O) groups excluding carboxylic acids is 4. The zero-order valence-electron chi connectivity index (χ0n) is 65.3. The van der Waals surface area contributed by atoms with Crippen molar-refractivity contribution in [1.82, 2.24) is 0 Å². The summed E-state index contributed by atoms with van der Waals surface area (Å²) in [4.78, 5) is 73.0. The molecule has 0 fully saturated rings. The maximum absolute atomic E-state index is 13.1. The third-order valence-electron chi connectivity index (χ3n) is 15.5. The molecule has 19 heteroatoms. The van der Waals surface area contributed by atoms with E-state index >= 15 is 0 Å². The molecule has 0 bridgehead atoms. The predicted octanol–water partition coefficient (Wildman–Crippen LogP) is 23.3. The van der Waals surface area contributed by atoms with E-state index in [0.717, 1.165) is 135 Å². The summed E-state index contributed by atoms with van der Waals surface area (Å²) in [6.45, 7) is 4.29. The monoisotopic (exact) mass is 1520 g/mol. The van der Waals surface area contributed by atoms with Crippen LogP contribution in [0, 0.1) is 0 Å². The number of esters is 4. The first-order valence-corrected chi connectivity index (χ1v) is 42.7. The van der Waals surface area contributed by atoms with Gasteiger partial charge >= 0.3 is 39.5 Å². The van der Waals surface area contributed by atoms with Crippen molar-refractivity contribution in [3.05, 3.63) is 194 Å². The van der Waals surface area contributed by atoms with E-state index < -0.39 is 97.5 Å². The third-order valence-corrected chi connectivity index (χ3v) is 17.4. The van der Waals surface area contributed by atoms with Crippen LogP contribution in [-0.2, 0) is 65.4 Å². The summed E-state index contributed by atoms with van der Waals surface area (Å²) in [7, 11) is -10.0. The highest BCUT2D eigenvalue weighted by atomic mass is 31.2. The molecule has 17 nitrogen and oxygen atoms in total. The number of hydrogen-bond acceptors (Lipinski definition) is 15. The van der Waals surface area contributed by atoms with Gasteiger partial charge in [0.05, 0.1) is 26.4 Å². The van der Waals surface area contributed by atoms with Crippen LogP contribution in [0.15, 0.2) is 194 Å². The van der Waals surface area contributed by atoms with Crippen molar-refractivity contribution < 1.29 is 80.2 Å². The van der Waals surface area contributed by atoms with E-state index in [2.05, 4.69) is 186 Å². The number of ether oxygens (including phenoxy) is 4. The second kappa shape index (κ2) is 77.1. The number of aliphatic hydroxyl groups is 1. The first-order chi connectivity index (χ1) is 51.7. The Morgan fingerprint density at radius 2 is 0.500 bits per heavy atom. The molecule has 0 spiro atoms. The Kier molecular flexibility index (Phi) is 72.6. The van der Waals surface area contributed by atoms with E-state index in [0.29, 0.717) is 44.9 Å². The van der Waals surface area contributed by atoms with Crippen LogP contribution >= 0.6 is 15.6 Å². The van der Waals surface area contributed by atoms with Gasteiger partial charge in [0.15, 0.2) is 12.2 Å². The van der Waals surface area contributed by atoms with Gasteiger partial charge in [-0.3, -0.25) is 37.3 Å². The van der Waals surface area contributed by atoms with Gasteiger partial charge in [-0.15, -0.1) is 0 Å². The maximum Gasteiger partial charge on any atom is 0.472 e. The van der Waals surface area contributed by atoms with Crippen LogP contribution < -0.4 is 0 Å². The summed E-state index contributed by atoms with van der Waals surface area (Å²) in [5, 5.41) is 10.6. The van der Waals surface area contributed by atoms with E-state index in [9.17, 15) is 43.2 Å². The molecule has 0 heterocycles. The largest absolute Gasteiger partial charge is 0.472 e. The van der Waals surface area contributed by atoms with Gasteiger partial charge in [0, 0.05) is 25.7 Å². The first kappa shape index (κ1) is 99.9. The summed E-state index contributed by atoms with van der Waals surface area (Å²) in [6, 6.07) is 0. The average Bonchev–Trinajstić information content (AvgIpc) is 0.902. The Bertz CT molecular complexity index is 2780. The van der Waals surface area contributed by atoms with E-state index in [-0.39, 0.29) is 25.7 Å². The van der Waals surface area contributed by atoms with Crippen molar-refractivity contribution in [3.8, 4) is 0 Å². The Morgan fingerprint density at radius 1 is 0.274 bits per heavy atom. The molecule has 598 valence electrons. The summed E-state index contributed by atoms with van der Waals surface area (Å²) in [5.41, 5.74) is 0. The number of carbonyl (C=O) groups is 4. The lowest BCUT2D eigenvalue weighted by molar-refractivity contribution is -0.161. The summed E-state index contributed by atoms with van der Waals surface area (Å²) in [5.74, 6) is -2.41. The van der Waals surface area contributed by atoms with Crippen LogP contribution in [-0.4, -0.2) is 96.7 Å². The summed E-state index contributed by atoms with van der Waals surface area (Å²) in [6.07, 6.45) is 94.4. The van der Waals surface area contributed by atoms with Crippen LogP contribution in [0.5, 0.6) is 0 Å². The molecule has 0 amide bonds. The van der Waals surface area contributed by atoms with Crippen LogP contribution in [0.25, 0.3) is 0 Å². The van der Waals surface area contributed by atoms with Gasteiger partial charge < -0.3 is 33.8 Å². The van der Waals surface area contributed by atoms with Crippen molar-refractivity contribution in [2.45, 2.75) is 290 Å². The van der Waals surface area contributed by atoms with Crippen molar-refractivity contribution in [3.63, 3.8) is 0 Å². The van der Waals surface area contributed by atoms with E-state index in [1.807, 2.05) is 36.5 Å². The molecule has 0 aromatic heterocycles. The minimum Gasteiger partial charge on any atom is -0.462 e. The normalized spacial score (nSPS) is 14.9. The number of hydrogen-bond donors (Lipinski definition) is 3. The quantitative estimate of drug-likeness (QED) is 0.0169. The van der Waals surface area contributed by atoms with Crippen LogP contribution in [0.1, 0.15) is 272 Å². The van der Waals surface area contributed by atoms with Crippen molar-refractivity contribution in [2.75, 3.05) is 39.6 Å². The van der Waals surface area contributed by atoms with Gasteiger partial charge in [0.25, 0.3) is 0 Å². The number of aliphatic hydroxyl groups excluding tert-OH is 1. The number of allylic oxidation sites excluding steroid dienone is 32. The molecule has 0 aromatic rings. The fourth-order valence-corrected chi connectivity index (χ4v) is 11.2. The Hall–Kier alpha value is -6.10. The smallest absolute Gasteiger partial charge is 0.462 e. The lowest BCUT2D eigenvalue weighted by Crippen LogP contribution is -2.30. The molecule has 0 rings (SSSR count). The Labute approximate surface area is 640 Å². The van der Waals surface area contributed by atoms with Crippen molar-refractivity contribution in [1.29, 1.82) is 0 Å². The lowest BCUT2D eigenvalue weighted by Gasteiger charge is -2.21. The fraction of sp³-hybridized carbons (Fsp3) is 0.586. The van der Waals surface area contributed by atoms with Crippen molar-refractivity contribution >= 4 is 39.5 Å². The van der Waals surface area contributed by atoms with E-state index in [1.54, 1.807) is 0 Å². The molecule has 5 atom stereocenters. The second-order valence-corrected chi connectivity index (χ2v) is 28.4. The van der Waals surface area contributed by atoms with Gasteiger partial charge in [-0.05, 0) is 167 Å². The van der Waals surface area contributed by atoms with Crippen molar-refractivity contribution in [2.24, 2.45) is 0 Å². The SMILES string of the molecule is CC/C=C\C/C=C\C/C=C\C/C=C\C/C=C\CCCC(=O)OCC(COP(=O)(O)OCC(O)COP(=O)(O)OCC(COC(=O)CCC/C=C\C/C=C\C/C=C\C/C=C\C/C=C\CC)OC(=O)CCCCCCC/C=C\CCCCCCCC)OC(=O)CCC/C=C\C/C=C\C/C=C\C/C=C\C/C=C\CC. The maximum atomic E-state index is 13.1. The highest BCUT2D eigenvalue weighted by molar-refractivity contribution is 7.47. The fourth-order valence-electron chi connectivity index (χ4n) is 9.61. The molecular formula is C87H138O17P2. The van der Waals surface area contributed by atoms with E-state index in [4.69, 9.17) is 37.0 Å². The number of unbranched alkanes of at least 4 members (excludes halogenated alkanes) is 14. The van der Waals surface area contributed by atoms with Gasteiger partial charge in [-0.25, -0.2) is 9.13 Å². The molecule has 0 radical (unpaired) electrons. The number of rotatable bonds is 72.